The van der Waals surface area contributed by atoms with Gasteiger partial charge in [0, 0.05) is 11.4 Å². The predicted octanol–water partition coefficient (Wildman–Crippen LogP) is 3.08. The van der Waals surface area contributed by atoms with Gasteiger partial charge in [-0.3, -0.25) is 19.4 Å². The summed E-state index contributed by atoms with van der Waals surface area (Å²) in [6, 6.07) is 13.5. The molecule has 2 aliphatic heterocycles. The Morgan fingerprint density at radius 2 is 1.56 bits per heavy atom. The number of nitrogens with zero attached hydrogens (tertiary/aromatic N) is 3. The molecule has 2 aliphatic rings. The zero-order chi connectivity index (χ0) is 19.3. The zero-order valence-corrected chi connectivity index (χ0v) is 16.3. The van der Waals surface area contributed by atoms with Gasteiger partial charge in [-0.2, -0.15) is 5.10 Å². The number of carbonyl (C=O) groups is 3. The molecular weight excluding hydrogens is 410 g/mol. The molecule has 2 amide bonds. The number of imide groups is 1. The smallest absolute Gasteiger partial charge is 0.259 e. The molecule has 2 heterocycles. The fraction of sp³-hybridized carbons (Fsp3) is 0.200. The highest BCUT2D eigenvalue weighted by molar-refractivity contribution is 9.10. The number of hydrogen-bond donors (Lipinski definition) is 0. The lowest BCUT2D eigenvalue weighted by molar-refractivity contribution is -0.122. The number of ketones is 1. The van der Waals surface area contributed by atoms with E-state index in [1.165, 1.54) is 11.9 Å². The van der Waals surface area contributed by atoms with E-state index in [1.807, 2.05) is 31.2 Å². The monoisotopic (exact) mass is 425 g/mol. The van der Waals surface area contributed by atoms with Crippen molar-refractivity contribution >= 4 is 50.6 Å². The van der Waals surface area contributed by atoms with Crippen LogP contribution in [0.25, 0.3) is 0 Å². The Bertz CT molecular complexity index is 983. The van der Waals surface area contributed by atoms with Crippen molar-refractivity contribution in [3.63, 3.8) is 0 Å². The van der Waals surface area contributed by atoms with Crippen LogP contribution in [0.3, 0.4) is 0 Å². The number of aryl methyl sites for hydroxylation is 1. The number of fused-ring (bicyclic) bond motifs is 1. The van der Waals surface area contributed by atoms with Crippen molar-refractivity contribution in [3.05, 3.63) is 58.6 Å². The molecule has 4 rings (SSSR count). The standard InChI is InChI=1S/C20H16BrN3O3/c1-11-3-7-14(8-4-11)23-19(26)16-17(12(2)25)22-24(18(16)20(23)27)15-9-5-13(21)6-10-15/h3-10,16,18H,1-2H3/t16-,18+/m0/s1. The molecule has 0 saturated carbocycles. The molecule has 2 aromatic rings. The second kappa shape index (κ2) is 6.42. The number of carbonyl (C=O) groups excluding carboxylic acids is 3. The highest BCUT2D eigenvalue weighted by Gasteiger charge is 2.58. The van der Waals surface area contributed by atoms with E-state index >= 15 is 0 Å². The quantitative estimate of drug-likeness (QED) is 0.708. The number of rotatable bonds is 3. The fourth-order valence-electron chi connectivity index (χ4n) is 3.46. The minimum Gasteiger partial charge on any atom is -0.293 e. The second-order valence-electron chi connectivity index (χ2n) is 6.63. The zero-order valence-electron chi connectivity index (χ0n) is 14.7. The summed E-state index contributed by atoms with van der Waals surface area (Å²) in [5.41, 5.74) is 2.30. The van der Waals surface area contributed by atoms with Gasteiger partial charge >= 0.3 is 0 Å². The van der Waals surface area contributed by atoms with Crippen molar-refractivity contribution in [1.29, 1.82) is 0 Å². The number of hydrazone groups is 1. The van der Waals surface area contributed by atoms with Crippen molar-refractivity contribution in [2.75, 3.05) is 9.91 Å². The van der Waals surface area contributed by atoms with Gasteiger partial charge in [-0.25, -0.2) is 4.90 Å². The summed E-state index contributed by atoms with van der Waals surface area (Å²) in [7, 11) is 0. The number of amides is 2. The molecule has 0 N–H and O–H groups in total. The van der Waals surface area contributed by atoms with Crippen LogP contribution < -0.4 is 9.91 Å². The van der Waals surface area contributed by atoms with Gasteiger partial charge < -0.3 is 0 Å². The Hall–Kier alpha value is -2.80. The Balaban J connectivity index is 1.79. The van der Waals surface area contributed by atoms with E-state index in [4.69, 9.17) is 0 Å². The third-order valence-electron chi connectivity index (χ3n) is 4.79. The van der Waals surface area contributed by atoms with Gasteiger partial charge in [0.1, 0.15) is 17.7 Å². The predicted molar refractivity (Wildman–Crippen MR) is 106 cm³/mol. The summed E-state index contributed by atoms with van der Waals surface area (Å²) >= 11 is 3.38. The maximum Gasteiger partial charge on any atom is 0.259 e. The molecular formula is C20H16BrN3O3. The number of Topliss-reactive ketones (excluding diaryl/α,β-unsaturated/α-hetero) is 1. The van der Waals surface area contributed by atoms with Gasteiger partial charge in [0.15, 0.2) is 5.78 Å². The molecule has 0 aromatic heterocycles. The first-order valence-corrected chi connectivity index (χ1v) is 9.26. The maximum atomic E-state index is 13.2. The van der Waals surface area contributed by atoms with Gasteiger partial charge in [0.25, 0.3) is 5.91 Å². The van der Waals surface area contributed by atoms with Crippen LogP contribution in [0, 0.1) is 12.8 Å². The lowest BCUT2D eigenvalue weighted by Gasteiger charge is -2.22. The lowest BCUT2D eigenvalue weighted by Crippen LogP contribution is -2.39. The Morgan fingerprint density at radius 1 is 0.963 bits per heavy atom. The highest BCUT2D eigenvalue weighted by atomic mass is 79.9. The first-order chi connectivity index (χ1) is 12.9. The molecule has 0 radical (unpaired) electrons. The summed E-state index contributed by atoms with van der Waals surface area (Å²) in [5.74, 6) is -1.99. The minimum atomic E-state index is -0.889. The Morgan fingerprint density at radius 3 is 2.15 bits per heavy atom. The molecule has 0 bridgehead atoms. The van der Waals surface area contributed by atoms with Crippen LogP contribution in [0.4, 0.5) is 11.4 Å². The molecule has 6 nitrogen and oxygen atoms in total. The average Bonchev–Trinajstić information content (AvgIpc) is 3.15. The summed E-state index contributed by atoms with van der Waals surface area (Å²) < 4.78 is 0.882. The maximum absolute atomic E-state index is 13.2. The third-order valence-corrected chi connectivity index (χ3v) is 5.32. The molecule has 136 valence electrons. The molecule has 0 spiro atoms. The highest BCUT2D eigenvalue weighted by Crippen LogP contribution is 2.38. The lowest BCUT2D eigenvalue weighted by atomic mass is 9.95. The Kier molecular flexibility index (Phi) is 4.19. The first kappa shape index (κ1) is 17.6. The van der Waals surface area contributed by atoms with E-state index in [1.54, 1.807) is 24.3 Å². The molecule has 2 aromatic carbocycles. The fourth-order valence-corrected chi connectivity index (χ4v) is 3.72. The van der Waals surface area contributed by atoms with E-state index in [9.17, 15) is 14.4 Å². The van der Waals surface area contributed by atoms with Crippen molar-refractivity contribution in [3.8, 4) is 0 Å². The van der Waals surface area contributed by atoms with Crippen LogP contribution >= 0.6 is 15.9 Å². The molecule has 27 heavy (non-hydrogen) atoms. The molecule has 0 unspecified atom stereocenters. The van der Waals surface area contributed by atoms with Crippen LogP contribution in [-0.4, -0.2) is 29.4 Å². The molecule has 1 saturated heterocycles. The number of anilines is 2. The van der Waals surface area contributed by atoms with Crippen molar-refractivity contribution in [2.24, 2.45) is 11.0 Å². The Labute approximate surface area is 164 Å². The average molecular weight is 426 g/mol. The van der Waals surface area contributed by atoms with E-state index in [0.717, 1.165) is 14.9 Å². The third kappa shape index (κ3) is 2.78. The van der Waals surface area contributed by atoms with E-state index in [2.05, 4.69) is 21.0 Å². The van der Waals surface area contributed by atoms with Crippen molar-refractivity contribution in [1.82, 2.24) is 0 Å². The first-order valence-electron chi connectivity index (χ1n) is 8.47. The normalized spacial score (nSPS) is 21.5. The van der Waals surface area contributed by atoms with E-state index in [0.29, 0.717) is 11.4 Å². The van der Waals surface area contributed by atoms with Gasteiger partial charge in [-0.05, 0) is 43.3 Å². The van der Waals surface area contributed by atoms with Gasteiger partial charge in [0.05, 0.1) is 11.4 Å². The summed E-state index contributed by atoms with van der Waals surface area (Å²) in [4.78, 5) is 39.5. The van der Waals surface area contributed by atoms with Gasteiger partial charge in [-0.15, -0.1) is 0 Å². The van der Waals surface area contributed by atoms with Crippen molar-refractivity contribution in [2.45, 2.75) is 19.9 Å². The number of halogens is 1. The molecule has 7 heteroatoms. The van der Waals surface area contributed by atoms with Crippen LogP contribution in [0.15, 0.2) is 58.1 Å². The van der Waals surface area contributed by atoms with Crippen LogP contribution in [-0.2, 0) is 14.4 Å². The van der Waals surface area contributed by atoms with Gasteiger partial charge in [-0.1, -0.05) is 33.6 Å². The van der Waals surface area contributed by atoms with E-state index in [-0.39, 0.29) is 17.4 Å². The van der Waals surface area contributed by atoms with Crippen LogP contribution in [0.1, 0.15) is 12.5 Å². The topological polar surface area (TPSA) is 70.1 Å². The number of benzene rings is 2. The van der Waals surface area contributed by atoms with Crippen molar-refractivity contribution < 1.29 is 14.4 Å². The summed E-state index contributed by atoms with van der Waals surface area (Å²) in [6.45, 7) is 3.30. The summed E-state index contributed by atoms with van der Waals surface area (Å²) in [5, 5.41) is 5.82. The molecule has 0 aliphatic carbocycles. The SMILES string of the molecule is CC(=O)C1=NN(c2ccc(Br)cc2)[C@H]2C(=O)N(c3ccc(C)cc3)C(=O)[C@@H]12. The van der Waals surface area contributed by atoms with Crippen LogP contribution in [0.5, 0.6) is 0 Å². The summed E-state index contributed by atoms with van der Waals surface area (Å²) in [6.07, 6.45) is 0. The number of hydrogen-bond acceptors (Lipinski definition) is 5. The molecule has 1 fully saturated rings. The molecule has 2 atom stereocenters. The van der Waals surface area contributed by atoms with Crippen LogP contribution in [0.2, 0.25) is 0 Å². The second-order valence-corrected chi connectivity index (χ2v) is 7.55. The minimum absolute atomic E-state index is 0.121. The van der Waals surface area contributed by atoms with E-state index < -0.39 is 17.9 Å². The largest absolute Gasteiger partial charge is 0.293 e. The van der Waals surface area contributed by atoms with Gasteiger partial charge in [0.2, 0.25) is 5.91 Å².